The summed E-state index contributed by atoms with van der Waals surface area (Å²) in [7, 11) is 0. The average Bonchev–Trinajstić information content (AvgIpc) is 1.98. The summed E-state index contributed by atoms with van der Waals surface area (Å²) in [4.78, 5) is 0. The molecular formula is C9H18N2. The van der Waals surface area contributed by atoms with E-state index in [-0.39, 0.29) is 0 Å². The van der Waals surface area contributed by atoms with Gasteiger partial charge in [-0.1, -0.05) is 20.4 Å². The summed E-state index contributed by atoms with van der Waals surface area (Å²) in [6.45, 7) is 13.0. The van der Waals surface area contributed by atoms with Crippen molar-refractivity contribution in [2.75, 3.05) is 6.54 Å². The van der Waals surface area contributed by atoms with Crippen molar-refractivity contribution in [3.05, 3.63) is 12.2 Å². The predicted molar refractivity (Wildman–Crippen MR) is 50.8 cm³/mol. The molecule has 0 rings (SSSR count). The Kier molecular flexibility index (Phi) is 4.59. The van der Waals surface area contributed by atoms with Gasteiger partial charge in [0.1, 0.15) is 0 Å². The first-order chi connectivity index (χ1) is 5.09. The summed E-state index contributed by atoms with van der Waals surface area (Å²) in [6, 6.07) is 0. The van der Waals surface area contributed by atoms with Crippen molar-refractivity contribution < 1.29 is 0 Å². The van der Waals surface area contributed by atoms with E-state index in [1.807, 2.05) is 13.8 Å². The number of rotatable bonds is 4. The van der Waals surface area contributed by atoms with Gasteiger partial charge in [0.05, 0.1) is 5.71 Å². The molecule has 0 amide bonds. The van der Waals surface area contributed by atoms with Crippen molar-refractivity contribution in [1.82, 2.24) is 5.43 Å². The highest BCUT2D eigenvalue weighted by molar-refractivity contribution is 5.97. The Hall–Kier alpha value is -0.790. The summed E-state index contributed by atoms with van der Waals surface area (Å²) in [5.74, 6) is 0.484. The van der Waals surface area contributed by atoms with Crippen LogP contribution in [0.4, 0.5) is 0 Å². The molecule has 0 aromatic heterocycles. The lowest BCUT2D eigenvalue weighted by atomic mass is 10.0. The van der Waals surface area contributed by atoms with Gasteiger partial charge in [0.25, 0.3) is 0 Å². The van der Waals surface area contributed by atoms with Crippen LogP contribution in [0.2, 0.25) is 0 Å². The average molecular weight is 154 g/mol. The van der Waals surface area contributed by atoms with Crippen molar-refractivity contribution in [3.8, 4) is 0 Å². The molecule has 0 radical (unpaired) electrons. The number of allylic oxidation sites excluding steroid dienone is 1. The lowest BCUT2D eigenvalue weighted by Gasteiger charge is -2.08. The second kappa shape index (κ2) is 4.94. The maximum Gasteiger partial charge on any atom is 0.0600 e. The molecule has 0 unspecified atom stereocenters. The van der Waals surface area contributed by atoms with Gasteiger partial charge in [0.15, 0.2) is 0 Å². The quantitative estimate of drug-likeness (QED) is 0.487. The zero-order valence-electron chi connectivity index (χ0n) is 7.94. The number of hydrogen-bond donors (Lipinski definition) is 1. The van der Waals surface area contributed by atoms with Crippen LogP contribution in [0.5, 0.6) is 0 Å². The first-order valence-corrected chi connectivity index (χ1v) is 4.05. The van der Waals surface area contributed by atoms with Crippen LogP contribution in [0, 0.1) is 5.92 Å². The van der Waals surface area contributed by atoms with E-state index in [4.69, 9.17) is 0 Å². The molecule has 1 N–H and O–H groups in total. The molecule has 11 heavy (non-hydrogen) atoms. The van der Waals surface area contributed by atoms with E-state index in [9.17, 15) is 0 Å². The smallest absolute Gasteiger partial charge is 0.0600 e. The van der Waals surface area contributed by atoms with Gasteiger partial charge in [0, 0.05) is 6.54 Å². The summed E-state index contributed by atoms with van der Waals surface area (Å²) in [5.41, 5.74) is 5.02. The molecule has 0 aromatic carbocycles. The highest BCUT2D eigenvalue weighted by Crippen LogP contribution is 2.07. The van der Waals surface area contributed by atoms with Crippen LogP contribution in [0.15, 0.2) is 17.3 Å². The van der Waals surface area contributed by atoms with Crippen LogP contribution in [-0.2, 0) is 0 Å². The van der Waals surface area contributed by atoms with E-state index in [2.05, 4.69) is 31.0 Å². The Morgan fingerprint density at radius 3 is 2.45 bits per heavy atom. The van der Waals surface area contributed by atoms with Crippen LogP contribution in [0.3, 0.4) is 0 Å². The molecule has 0 fully saturated rings. The van der Waals surface area contributed by atoms with Gasteiger partial charge in [-0.2, -0.15) is 5.10 Å². The standard InChI is InChI=1S/C9H18N2/c1-6-10-11-9(5)8(4)7(2)3/h7,10H,4,6H2,1-3,5H3/b11-9-. The SMILES string of the molecule is C=C(/C(C)=N\NCC)C(C)C. The third kappa shape index (κ3) is 3.81. The molecule has 0 heterocycles. The van der Waals surface area contributed by atoms with E-state index in [1.165, 1.54) is 0 Å². The fourth-order valence-corrected chi connectivity index (χ4v) is 0.687. The molecule has 0 aliphatic carbocycles. The van der Waals surface area contributed by atoms with Crippen molar-refractivity contribution in [3.63, 3.8) is 0 Å². The lowest BCUT2D eigenvalue weighted by molar-refractivity contribution is 0.765. The summed E-state index contributed by atoms with van der Waals surface area (Å²) >= 11 is 0. The van der Waals surface area contributed by atoms with E-state index in [0.29, 0.717) is 5.92 Å². The Morgan fingerprint density at radius 1 is 1.55 bits per heavy atom. The maximum absolute atomic E-state index is 4.13. The Balaban J connectivity index is 4.01. The number of nitrogens with one attached hydrogen (secondary N) is 1. The lowest BCUT2D eigenvalue weighted by Crippen LogP contribution is -2.11. The van der Waals surface area contributed by atoms with Gasteiger partial charge in [-0.05, 0) is 25.3 Å². The second-order valence-electron chi connectivity index (χ2n) is 2.89. The molecule has 0 aliphatic heterocycles. The third-order valence-corrected chi connectivity index (χ3v) is 1.57. The minimum atomic E-state index is 0.484. The minimum absolute atomic E-state index is 0.484. The normalized spacial score (nSPS) is 11.9. The summed E-state index contributed by atoms with van der Waals surface area (Å²) in [6.07, 6.45) is 0. The highest BCUT2D eigenvalue weighted by atomic mass is 15.3. The molecule has 0 bridgehead atoms. The topological polar surface area (TPSA) is 24.4 Å². The van der Waals surface area contributed by atoms with Gasteiger partial charge in [-0.25, -0.2) is 0 Å². The Bertz CT molecular complexity index is 157. The first-order valence-electron chi connectivity index (χ1n) is 4.05. The fourth-order valence-electron chi connectivity index (χ4n) is 0.687. The molecule has 2 nitrogen and oxygen atoms in total. The van der Waals surface area contributed by atoms with Crippen LogP contribution in [-0.4, -0.2) is 12.3 Å². The van der Waals surface area contributed by atoms with Crippen molar-refractivity contribution in [2.45, 2.75) is 27.7 Å². The Morgan fingerprint density at radius 2 is 2.09 bits per heavy atom. The van der Waals surface area contributed by atoms with Crippen LogP contribution in [0.25, 0.3) is 0 Å². The largest absolute Gasteiger partial charge is 0.310 e. The van der Waals surface area contributed by atoms with Gasteiger partial charge in [-0.3, -0.25) is 0 Å². The molecule has 2 heteroatoms. The molecule has 0 spiro atoms. The van der Waals surface area contributed by atoms with Crippen LogP contribution >= 0.6 is 0 Å². The predicted octanol–water partition coefficient (Wildman–Crippen LogP) is 2.18. The van der Waals surface area contributed by atoms with E-state index >= 15 is 0 Å². The van der Waals surface area contributed by atoms with Crippen molar-refractivity contribution >= 4 is 5.71 Å². The van der Waals surface area contributed by atoms with Crippen molar-refractivity contribution in [2.24, 2.45) is 11.0 Å². The van der Waals surface area contributed by atoms with Gasteiger partial charge in [0.2, 0.25) is 0 Å². The maximum atomic E-state index is 4.13. The van der Waals surface area contributed by atoms with Crippen molar-refractivity contribution in [1.29, 1.82) is 0 Å². The van der Waals surface area contributed by atoms with Gasteiger partial charge >= 0.3 is 0 Å². The molecule has 0 saturated carbocycles. The van der Waals surface area contributed by atoms with Crippen LogP contribution < -0.4 is 5.43 Å². The van der Waals surface area contributed by atoms with E-state index in [1.54, 1.807) is 0 Å². The van der Waals surface area contributed by atoms with E-state index < -0.39 is 0 Å². The zero-order chi connectivity index (χ0) is 8.85. The highest BCUT2D eigenvalue weighted by Gasteiger charge is 2.02. The van der Waals surface area contributed by atoms with Gasteiger partial charge in [-0.15, -0.1) is 0 Å². The summed E-state index contributed by atoms with van der Waals surface area (Å²) < 4.78 is 0. The fraction of sp³-hybridized carbons (Fsp3) is 0.667. The molecule has 0 saturated heterocycles. The van der Waals surface area contributed by atoms with E-state index in [0.717, 1.165) is 17.8 Å². The minimum Gasteiger partial charge on any atom is -0.310 e. The summed E-state index contributed by atoms with van der Waals surface area (Å²) in [5, 5.41) is 4.13. The molecule has 64 valence electrons. The molecule has 0 aromatic rings. The van der Waals surface area contributed by atoms with Gasteiger partial charge < -0.3 is 5.43 Å². The number of hydrazone groups is 1. The number of nitrogens with zero attached hydrogens (tertiary/aromatic N) is 1. The third-order valence-electron chi connectivity index (χ3n) is 1.57. The second-order valence-corrected chi connectivity index (χ2v) is 2.89. The Labute approximate surface area is 69.4 Å². The number of hydrogen-bond acceptors (Lipinski definition) is 2. The molecular weight excluding hydrogens is 136 g/mol. The zero-order valence-corrected chi connectivity index (χ0v) is 7.94. The van der Waals surface area contributed by atoms with Crippen LogP contribution in [0.1, 0.15) is 27.7 Å². The first kappa shape index (κ1) is 10.2. The molecule has 0 atom stereocenters. The molecule has 0 aliphatic rings. The monoisotopic (exact) mass is 154 g/mol.